The predicted molar refractivity (Wildman–Crippen MR) is 98.6 cm³/mol. The Kier molecular flexibility index (Phi) is 6.22. The third kappa shape index (κ3) is 4.78. The maximum atomic E-state index is 11.8. The number of nitrogens with one attached hydrogen (secondary N) is 1. The van der Waals surface area contributed by atoms with Crippen LogP contribution in [-0.4, -0.2) is 33.7 Å². The molecule has 28 heavy (non-hydrogen) atoms. The van der Waals surface area contributed by atoms with Gasteiger partial charge in [-0.1, -0.05) is 18.2 Å². The Morgan fingerprint density at radius 2 is 1.86 bits per heavy atom. The summed E-state index contributed by atoms with van der Waals surface area (Å²) in [7, 11) is 0. The number of non-ortho nitro benzene ring substituents is 1. The minimum absolute atomic E-state index is 0.295. The number of hydrogen-bond donors (Lipinski definition) is 2. The van der Waals surface area contributed by atoms with Crippen LogP contribution in [0.4, 0.5) is 11.4 Å². The van der Waals surface area contributed by atoms with E-state index >= 15 is 0 Å². The van der Waals surface area contributed by atoms with Gasteiger partial charge >= 0.3 is 5.69 Å². The molecule has 0 fully saturated rings. The van der Waals surface area contributed by atoms with Crippen molar-refractivity contribution in [2.24, 2.45) is 5.10 Å². The van der Waals surface area contributed by atoms with E-state index < -0.39 is 32.9 Å². The summed E-state index contributed by atoms with van der Waals surface area (Å²) in [4.78, 5) is 31.8. The van der Waals surface area contributed by atoms with Gasteiger partial charge in [-0.25, -0.2) is 5.43 Å². The molecule has 11 heteroatoms. The van der Waals surface area contributed by atoms with Crippen LogP contribution in [-0.2, 0) is 4.79 Å². The molecule has 0 saturated heterocycles. The second kappa shape index (κ2) is 8.58. The predicted octanol–water partition coefficient (Wildman–Crippen LogP) is 2.35. The first-order chi connectivity index (χ1) is 13.2. The third-order valence-electron chi connectivity index (χ3n) is 3.66. The largest absolute Gasteiger partial charge is 0.502 e. The van der Waals surface area contributed by atoms with E-state index in [1.165, 1.54) is 0 Å². The van der Waals surface area contributed by atoms with E-state index in [9.17, 15) is 30.1 Å². The van der Waals surface area contributed by atoms with Crippen LogP contribution in [0.15, 0.2) is 35.4 Å². The lowest BCUT2D eigenvalue weighted by Crippen LogP contribution is -2.25. The van der Waals surface area contributed by atoms with Gasteiger partial charge in [0.25, 0.3) is 11.6 Å². The normalized spacial score (nSPS) is 10.6. The zero-order chi connectivity index (χ0) is 20.8. The lowest BCUT2D eigenvalue weighted by atomic mass is 10.1. The fraction of sp³-hybridized carbons (Fsp3) is 0.176. The SMILES string of the molecule is Cc1cccc(C)c1OCC(=O)N/N=C\c1cc([N+](=O)[O-])cc([N+](=O)[O-])c1O. The molecule has 2 aromatic carbocycles. The molecule has 0 aliphatic heterocycles. The number of carbonyl (C=O) groups excluding carboxylic acids is 1. The molecule has 0 aliphatic rings. The van der Waals surface area contributed by atoms with Crippen LogP contribution in [0.1, 0.15) is 16.7 Å². The second-order valence-electron chi connectivity index (χ2n) is 5.72. The van der Waals surface area contributed by atoms with Crippen molar-refractivity contribution in [3.63, 3.8) is 0 Å². The van der Waals surface area contributed by atoms with Crippen LogP contribution >= 0.6 is 0 Å². The van der Waals surface area contributed by atoms with Crippen LogP contribution in [0, 0.1) is 34.1 Å². The number of aromatic hydroxyl groups is 1. The lowest BCUT2D eigenvalue weighted by molar-refractivity contribution is -0.394. The van der Waals surface area contributed by atoms with E-state index in [1.807, 2.05) is 32.0 Å². The Hall–Kier alpha value is -4.02. The highest BCUT2D eigenvalue weighted by molar-refractivity contribution is 5.88. The van der Waals surface area contributed by atoms with Crippen molar-refractivity contribution in [2.45, 2.75) is 13.8 Å². The Morgan fingerprint density at radius 1 is 1.21 bits per heavy atom. The summed E-state index contributed by atoms with van der Waals surface area (Å²) in [6, 6.07) is 7.04. The molecule has 146 valence electrons. The molecular formula is C17H16N4O7. The number of phenolic OH excluding ortho intramolecular Hbond substituents is 1. The number of ether oxygens (including phenoxy) is 1. The fourth-order valence-electron chi connectivity index (χ4n) is 2.34. The quantitative estimate of drug-likeness (QED) is 0.418. The smallest absolute Gasteiger partial charge is 0.318 e. The summed E-state index contributed by atoms with van der Waals surface area (Å²) < 4.78 is 5.44. The van der Waals surface area contributed by atoms with Gasteiger partial charge in [-0.2, -0.15) is 5.10 Å². The maximum absolute atomic E-state index is 11.8. The van der Waals surface area contributed by atoms with Gasteiger partial charge in [-0.3, -0.25) is 25.0 Å². The third-order valence-corrected chi connectivity index (χ3v) is 3.66. The molecule has 0 atom stereocenters. The highest BCUT2D eigenvalue weighted by Crippen LogP contribution is 2.33. The van der Waals surface area contributed by atoms with E-state index in [0.29, 0.717) is 11.8 Å². The molecule has 0 bridgehead atoms. The van der Waals surface area contributed by atoms with Gasteiger partial charge in [0.15, 0.2) is 6.61 Å². The first kappa shape index (κ1) is 20.3. The van der Waals surface area contributed by atoms with Crippen LogP contribution in [0.2, 0.25) is 0 Å². The molecule has 0 radical (unpaired) electrons. The van der Waals surface area contributed by atoms with Crippen molar-refractivity contribution in [1.29, 1.82) is 0 Å². The topological polar surface area (TPSA) is 157 Å². The van der Waals surface area contributed by atoms with E-state index in [4.69, 9.17) is 4.74 Å². The number of carbonyl (C=O) groups is 1. The number of benzene rings is 2. The molecule has 2 N–H and O–H groups in total. The minimum Gasteiger partial charge on any atom is -0.502 e. The summed E-state index contributed by atoms with van der Waals surface area (Å²) in [6.07, 6.45) is 0.867. The summed E-state index contributed by atoms with van der Waals surface area (Å²) >= 11 is 0. The van der Waals surface area contributed by atoms with E-state index in [-0.39, 0.29) is 12.2 Å². The van der Waals surface area contributed by atoms with Crippen LogP contribution in [0.5, 0.6) is 11.5 Å². The number of hydrazone groups is 1. The number of phenols is 1. The molecule has 1 amide bonds. The molecule has 0 spiro atoms. The Labute approximate surface area is 158 Å². The lowest BCUT2D eigenvalue weighted by Gasteiger charge is -2.10. The molecule has 0 aliphatic carbocycles. The second-order valence-corrected chi connectivity index (χ2v) is 5.72. The summed E-state index contributed by atoms with van der Waals surface area (Å²) in [5.41, 5.74) is 2.08. The average Bonchev–Trinajstić information content (AvgIpc) is 2.62. The van der Waals surface area contributed by atoms with Crippen molar-refractivity contribution in [2.75, 3.05) is 6.61 Å². The van der Waals surface area contributed by atoms with Gasteiger partial charge in [0.1, 0.15) is 5.75 Å². The van der Waals surface area contributed by atoms with Gasteiger partial charge in [-0.15, -0.1) is 0 Å². The number of nitro benzene ring substituents is 2. The van der Waals surface area contributed by atoms with Crippen LogP contribution in [0.25, 0.3) is 0 Å². The molecule has 0 aromatic heterocycles. The van der Waals surface area contributed by atoms with E-state index in [1.54, 1.807) is 0 Å². The van der Waals surface area contributed by atoms with Gasteiger partial charge in [0.2, 0.25) is 5.75 Å². The molecule has 0 saturated carbocycles. The number of amides is 1. The van der Waals surface area contributed by atoms with Crippen molar-refractivity contribution in [3.05, 3.63) is 67.3 Å². The number of nitro groups is 2. The zero-order valence-corrected chi connectivity index (χ0v) is 14.9. The Balaban J connectivity index is 2.08. The summed E-state index contributed by atoms with van der Waals surface area (Å²) in [5.74, 6) is -0.868. The van der Waals surface area contributed by atoms with Gasteiger partial charge in [0, 0.05) is 6.07 Å². The minimum atomic E-state index is -0.962. The highest BCUT2D eigenvalue weighted by atomic mass is 16.6. The molecule has 11 nitrogen and oxygen atoms in total. The zero-order valence-electron chi connectivity index (χ0n) is 14.9. The highest BCUT2D eigenvalue weighted by Gasteiger charge is 2.23. The molecule has 2 rings (SSSR count). The monoisotopic (exact) mass is 388 g/mol. The first-order valence-corrected chi connectivity index (χ1v) is 7.87. The van der Waals surface area contributed by atoms with Gasteiger partial charge in [-0.05, 0) is 25.0 Å². The molecule has 0 unspecified atom stereocenters. The fourth-order valence-corrected chi connectivity index (χ4v) is 2.34. The van der Waals surface area contributed by atoms with Crippen molar-refractivity contribution in [1.82, 2.24) is 5.43 Å². The summed E-state index contributed by atoms with van der Waals surface area (Å²) in [6.45, 7) is 3.32. The van der Waals surface area contributed by atoms with Crippen molar-refractivity contribution < 1.29 is 24.5 Å². The van der Waals surface area contributed by atoms with E-state index in [2.05, 4.69) is 10.5 Å². The maximum Gasteiger partial charge on any atom is 0.318 e. The van der Waals surface area contributed by atoms with Crippen LogP contribution in [0.3, 0.4) is 0 Å². The van der Waals surface area contributed by atoms with Crippen molar-refractivity contribution in [3.8, 4) is 11.5 Å². The number of aryl methyl sites for hydroxylation is 2. The van der Waals surface area contributed by atoms with Crippen molar-refractivity contribution >= 4 is 23.5 Å². The Morgan fingerprint density at radius 3 is 2.43 bits per heavy atom. The number of rotatable bonds is 7. The molecule has 2 aromatic rings. The summed E-state index contributed by atoms with van der Waals surface area (Å²) in [5, 5.41) is 35.2. The molecular weight excluding hydrogens is 372 g/mol. The standard InChI is InChI=1S/C17H16N4O7/c1-10-4-3-5-11(2)17(10)28-9-15(22)19-18-8-12-6-13(20(24)25)7-14(16(12)23)21(26)27/h3-8,23H,9H2,1-2H3,(H,19,22)/b18-8-. The average molecular weight is 388 g/mol. The van der Waals surface area contributed by atoms with E-state index in [0.717, 1.165) is 23.4 Å². The van der Waals surface area contributed by atoms with Crippen LogP contribution < -0.4 is 10.2 Å². The number of para-hydroxylation sites is 1. The van der Waals surface area contributed by atoms with Gasteiger partial charge in [0.05, 0.1) is 27.7 Å². The first-order valence-electron chi connectivity index (χ1n) is 7.87. The van der Waals surface area contributed by atoms with Gasteiger partial charge < -0.3 is 9.84 Å². The molecule has 0 heterocycles. The Bertz CT molecular complexity index is 952. The number of nitrogens with zero attached hydrogens (tertiary/aromatic N) is 3. The number of hydrogen-bond acceptors (Lipinski definition) is 8.